The fourth-order valence-corrected chi connectivity index (χ4v) is 9.70. The summed E-state index contributed by atoms with van der Waals surface area (Å²) in [5.41, 5.74) is 5.29. The van der Waals surface area contributed by atoms with Gasteiger partial charge in [0.1, 0.15) is 22.8 Å². The van der Waals surface area contributed by atoms with Gasteiger partial charge in [-0.2, -0.15) is 0 Å². The molecule has 1 amide bonds. The van der Waals surface area contributed by atoms with Crippen LogP contribution in [-0.2, 0) is 19.5 Å². The first kappa shape index (κ1) is 38.9. The quantitative estimate of drug-likeness (QED) is 0.0778. The van der Waals surface area contributed by atoms with Crippen LogP contribution in [0.15, 0.2) is 96.2 Å². The van der Waals surface area contributed by atoms with Gasteiger partial charge in [-0.1, -0.05) is 36.4 Å². The summed E-state index contributed by atoms with van der Waals surface area (Å²) in [4.78, 5) is 35.0. The van der Waals surface area contributed by atoms with Gasteiger partial charge in [-0.3, -0.25) is 19.8 Å². The van der Waals surface area contributed by atoms with E-state index in [1.165, 1.54) is 55.1 Å². The molecule has 2 saturated heterocycles. The summed E-state index contributed by atoms with van der Waals surface area (Å²) in [5.74, 6) is 0.253. The van der Waals surface area contributed by atoms with Crippen LogP contribution in [0.2, 0.25) is 0 Å². The van der Waals surface area contributed by atoms with Gasteiger partial charge < -0.3 is 24.5 Å². The van der Waals surface area contributed by atoms with E-state index in [1.807, 2.05) is 12.1 Å². The normalized spacial score (nSPS) is 21.2. The molecule has 0 bridgehead atoms. The van der Waals surface area contributed by atoms with Crippen LogP contribution in [0.5, 0.6) is 11.5 Å². The lowest BCUT2D eigenvalue weighted by Crippen LogP contribution is -2.36. The highest BCUT2D eigenvalue weighted by Gasteiger charge is 2.36. The van der Waals surface area contributed by atoms with Crippen LogP contribution >= 0.6 is 0 Å². The molecule has 3 N–H and O–H groups in total. The number of H-pyrrole nitrogens is 1. The molecule has 1 unspecified atom stereocenters. The Morgan fingerprint density at radius 3 is 2.66 bits per heavy atom. The first-order chi connectivity index (χ1) is 28.7. The molecule has 0 spiro atoms. The van der Waals surface area contributed by atoms with Crippen LogP contribution in [0.1, 0.15) is 84.0 Å². The number of aromatic nitrogens is 2. The largest absolute Gasteiger partial charge is 0.455 e. The third-order valence-electron chi connectivity index (χ3n) is 11.8. The number of likely N-dealkylation sites (tertiary alicyclic amines) is 1. The first-order valence-electron chi connectivity index (χ1n) is 20.3. The van der Waals surface area contributed by atoms with Crippen molar-refractivity contribution in [1.82, 2.24) is 19.6 Å². The second-order valence-electron chi connectivity index (χ2n) is 15.7. The van der Waals surface area contributed by atoms with E-state index in [4.69, 9.17) is 14.2 Å². The number of allylic oxidation sites excluding steroid dienone is 1. The van der Waals surface area contributed by atoms with E-state index in [1.54, 1.807) is 24.4 Å². The van der Waals surface area contributed by atoms with Crippen LogP contribution in [0, 0.1) is 10.1 Å². The number of carbonyl (C=O) groups excluding carboxylic acids is 1. The predicted molar refractivity (Wildman–Crippen MR) is 222 cm³/mol. The number of hydrogen-bond acceptors (Lipinski definition) is 11. The summed E-state index contributed by atoms with van der Waals surface area (Å²) in [7, 11) is -4.57. The van der Waals surface area contributed by atoms with Gasteiger partial charge in [0.2, 0.25) is 0 Å². The number of carbonyl (C=O) groups is 1. The van der Waals surface area contributed by atoms with Crippen molar-refractivity contribution >= 4 is 43.9 Å². The van der Waals surface area contributed by atoms with Gasteiger partial charge in [-0.15, -0.1) is 0 Å². The van der Waals surface area contributed by atoms with Crippen molar-refractivity contribution in [3.05, 3.63) is 124 Å². The number of hydrogen-bond donors (Lipinski definition) is 3. The van der Waals surface area contributed by atoms with Gasteiger partial charge in [0.05, 0.1) is 47.5 Å². The molecule has 14 nitrogen and oxygen atoms in total. The third kappa shape index (κ3) is 8.46. The number of pyridine rings is 1. The number of ether oxygens (including phenoxy) is 3. The molecule has 0 radical (unpaired) electrons. The standard InChI is InChI=1S/C44H46N6O8S/c51-44(48-59(54,55)35-14-16-39(41(24-35)50(52)53)46-26-34-27-56-20-21-57-34)38-15-11-30(23-42(38)58-33-22-31-17-18-45-43(31)47-25-33)28-9-12-32(13-10-28)49-19-3-6-40(49)37-5-2-1-4-36(37)29-7-8-29/h1-2,4-5,9,11,14-18,22-25,29,32,34,40,46H,3,6-8,10,12-13,19-21,26-27H2,(H,45,47)(H,48,51)/t32?,34-,40-/m1/s1. The lowest BCUT2D eigenvalue weighted by Gasteiger charge is -2.36. The predicted octanol–water partition coefficient (Wildman–Crippen LogP) is 7.86. The van der Waals surface area contributed by atoms with Crippen molar-refractivity contribution in [3.8, 4) is 11.5 Å². The average Bonchev–Trinajstić information content (AvgIpc) is 3.79. The summed E-state index contributed by atoms with van der Waals surface area (Å²) in [6.45, 7) is 2.52. The Kier molecular flexibility index (Phi) is 10.9. The second-order valence-corrected chi connectivity index (χ2v) is 17.4. The van der Waals surface area contributed by atoms with Crippen molar-refractivity contribution in [2.45, 2.75) is 73.9 Å². The number of nitro benzene ring substituents is 1. The Morgan fingerprint density at radius 2 is 1.88 bits per heavy atom. The van der Waals surface area contributed by atoms with Gasteiger partial charge in [-0.05, 0) is 116 Å². The van der Waals surface area contributed by atoms with Gasteiger partial charge in [0.25, 0.3) is 21.6 Å². The van der Waals surface area contributed by atoms with Crippen LogP contribution in [-0.4, -0.2) is 79.2 Å². The molecule has 2 aliphatic heterocycles. The number of aromatic amines is 1. The molecule has 59 heavy (non-hydrogen) atoms. The van der Waals surface area contributed by atoms with Gasteiger partial charge in [-0.25, -0.2) is 18.1 Å². The zero-order chi connectivity index (χ0) is 40.5. The molecule has 3 fully saturated rings. The molecule has 4 aliphatic rings. The van der Waals surface area contributed by atoms with E-state index in [9.17, 15) is 23.3 Å². The van der Waals surface area contributed by atoms with Gasteiger partial charge in [0, 0.05) is 36.3 Å². The third-order valence-corrected chi connectivity index (χ3v) is 13.2. The molecule has 3 atom stereocenters. The Bertz CT molecular complexity index is 2530. The van der Waals surface area contributed by atoms with Crippen molar-refractivity contribution in [2.75, 3.05) is 38.2 Å². The van der Waals surface area contributed by atoms with Gasteiger partial charge in [0.15, 0.2) is 0 Å². The van der Waals surface area contributed by atoms with Crippen molar-refractivity contribution in [1.29, 1.82) is 0 Å². The minimum absolute atomic E-state index is 0.0301. The molecule has 2 aliphatic carbocycles. The van der Waals surface area contributed by atoms with Crippen molar-refractivity contribution < 1.29 is 32.3 Å². The summed E-state index contributed by atoms with van der Waals surface area (Å²) in [6, 6.07) is 22.1. The molecule has 306 valence electrons. The summed E-state index contributed by atoms with van der Waals surface area (Å²) >= 11 is 0. The van der Waals surface area contributed by atoms with E-state index in [0.717, 1.165) is 48.4 Å². The number of nitrogens with zero attached hydrogens (tertiary/aromatic N) is 3. The minimum Gasteiger partial charge on any atom is -0.455 e. The lowest BCUT2D eigenvalue weighted by molar-refractivity contribution is -0.384. The van der Waals surface area contributed by atoms with Crippen molar-refractivity contribution in [3.63, 3.8) is 0 Å². The second kappa shape index (κ2) is 16.6. The van der Waals surface area contributed by atoms with Crippen LogP contribution in [0.25, 0.3) is 16.6 Å². The molecule has 4 heterocycles. The maximum absolute atomic E-state index is 13.9. The maximum atomic E-state index is 13.9. The lowest BCUT2D eigenvalue weighted by atomic mass is 9.88. The Balaban J connectivity index is 0.954. The number of anilines is 1. The van der Waals surface area contributed by atoms with E-state index in [-0.39, 0.29) is 29.6 Å². The molecular formula is C44H46N6O8S. The molecule has 2 aromatic heterocycles. The zero-order valence-corrected chi connectivity index (χ0v) is 33.3. The van der Waals surface area contributed by atoms with Crippen LogP contribution < -0.4 is 14.8 Å². The number of fused-ring (bicyclic) bond motifs is 1. The Labute approximate surface area is 342 Å². The number of nitrogens with one attached hydrogen (secondary N) is 3. The fourth-order valence-electron chi connectivity index (χ4n) is 8.71. The first-order valence-corrected chi connectivity index (χ1v) is 21.8. The molecule has 5 aromatic rings. The number of amides is 1. The number of rotatable bonds is 13. The van der Waals surface area contributed by atoms with E-state index >= 15 is 0 Å². The maximum Gasteiger partial charge on any atom is 0.293 e. The Morgan fingerprint density at radius 1 is 1.02 bits per heavy atom. The fraction of sp³-hybridized carbons (Fsp3) is 0.364. The molecular weight excluding hydrogens is 773 g/mol. The molecule has 15 heteroatoms. The Hall–Kier alpha value is -5.61. The smallest absolute Gasteiger partial charge is 0.293 e. The molecule has 3 aromatic carbocycles. The minimum atomic E-state index is -4.57. The highest BCUT2D eigenvalue weighted by atomic mass is 32.2. The molecule has 9 rings (SSSR count). The van der Waals surface area contributed by atoms with Crippen molar-refractivity contribution in [2.24, 2.45) is 0 Å². The highest BCUT2D eigenvalue weighted by molar-refractivity contribution is 7.90. The monoisotopic (exact) mass is 818 g/mol. The molecule has 1 saturated carbocycles. The summed E-state index contributed by atoms with van der Waals surface area (Å²) in [6.07, 6.45) is 12.9. The van der Waals surface area contributed by atoms with E-state index in [2.05, 4.69) is 55.2 Å². The SMILES string of the molecule is O=C(NS(=O)(=O)c1ccc(NC[C@@H]2COCCO2)c([N+](=O)[O-])c1)c1ccc(C2=CCC(N3CCC[C@@H]3c3ccccc3C3CC3)CC2)cc1Oc1cnc2[nH]ccc2c1. The summed E-state index contributed by atoms with van der Waals surface area (Å²) < 4.78 is 46.7. The van der Waals surface area contributed by atoms with Gasteiger partial charge >= 0.3 is 0 Å². The summed E-state index contributed by atoms with van der Waals surface area (Å²) in [5, 5.41) is 15.8. The number of nitro groups is 1. The number of benzene rings is 3. The van der Waals surface area contributed by atoms with E-state index < -0.39 is 31.4 Å². The highest BCUT2D eigenvalue weighted by Crippen LogP contribution is 2.47. The van der Waals surface area contributed by atoms with Crippen LogP contribution in [0.3, 0.4) is 0 Å². The average molecular weight is 819 g/mol. The topological polar surface area (TPSA) is 178 Å². The van der Waals surface area contributed by atoms with E-state index in [0.29, 0.717) is 49.2 Å². The number of sulfonamides is 1. The zero-order valence-electron chi connectivity index (χ0n) is 32.5. The van der Waals surface area contributed by atoms with Crippen LogP contribution in [0.4, 0.5) is 11.4 Å².